The molecule has 18 heavy (non-hydrogen) atoms. The van der Waals surface area contributed by atoms with Crippen LogP contribution in [-0.4, -0.2) is 9.78 Å². The minimum atomic E-state index is 0.663. The maximum atomic E-state index is 5.95. The van der Waals surface area contributed by atoms with E-state index in [1.54, 1.807) is 6.07 Å². The molecule has 0 radical (unpaired) electrons. The van der Waals surface area contributed by atoms with E-state index < -0.39 is 0 Å². The number of aryl methyl sites for hydroxylation is 2. The lowest BCUT2D eigenvalue weighted by Gasteiger charge is -2.07. The minimum Gasteiger partial charge on any atom is -0.307 e. The van der Waals surface area contributed by atoms with Crippen molar-refractivity contribution in [1.82, 2.24) is 15.1 Å². The molecule has 1 aromatic heterocycles. The highest BCUT2D eigenvalue weighted by Crippen LogP contribution is 2.19. The number of rotatable bonds is 4. The molecule has 0 aliphatic heterocycles. The quantitative estimate of drug-likeness (QED) is 0.933. The van der Waals surface area contributed by atoms with E-state index in [1.807, 2.05) is 30.1 Å². The molecule has 0 amide bonds. The van der Waals surface area contributed by atoms with Crippen molar-refractivity contribution in [1.29, 1.82) is 0 Å². The van der Waals surface area contributed by atoms with Gasteiger partial charge in [0.05, 0.1) is 11.9 Å². The molecule has 0 aliphatic rings. The molecule has 5 heteroatoms. The van der Waals surface area contributed by atoms with Gasteiger partial charge < -0.3 is 5.32 Å². The smallest absolute Gasteiger partial charge is 0.0547 e. The van der Waals surface area contributed by atoms with Crippen LogP contribution in [0, 0.1) is 6.92 Å². The van der Waals surface area contributed by atoms with E-state index in [4.69, 9.17) is 23.2 Å². The fraction of sp³-hybridized carbons (Fsp3) is 0.308. The number of hydrogen-bond acceptors (Lipinski definition) is 2. The third-order valence-electron chi connectivity index (χ3n) is 2.81. The van der Waals surface area contributed by atoms with E-state index in [2.05, 4.69) is 17.3 Å². The third kappa shape index (κ3) is 3.25. The van der Waals surface area contributed by atoms with Gasteiger partial charge in [-0.1, -0.05) is 23.2 Å². The summed E-state index contributed by atoms with van der Waals surface area (Å²) in [5.74, 6) is 0. The first kappa shape index (κ1) is 13.4. The summed E-state index contributed by atoms with van der Waals surface area (Å²) in [7, 11) is 1.94. The molecule has 0 saturated carbocycles. The van der Waals surface area contributed by atoms with E-state index >= 15 is 0 Å². The zero-order valence-electron chi connectivity index (χ0n) is 10.4. The maximum Gasteiger partial charge on any atom is 0.0547 e. The Morgan fingerprint density at radius 3 is 2.39 bits per heavy atom. The molecule has 0 spiro atoms. The zero-order chi connectivity index (χ0) is 13.1. The highest BCUT2D eigenvalue weighted by atomic mass is 35.5. The van der Waals surface area contributed by atoms with Crippen LogP contribution in [0.4, 0.5) is 0 Å². The van der Waals surface area contributed by atoms with E-state index in [0.29, 0.717) is 10.0 Å². The van der Waals surface area contributed by atoms with Gasteiger partial charge in [-0.15, -0.1) is 0 Å². The minimum absolute atomic E-state index is 0.663. The SMILES string of the molecule is Cc1cnn(C)c1CNCc1cc(Cl)cc(Cl)c1. The van der Waals surface area contributed by atoms with Gasteiger partial charge in [-0.3, -0.25) is 4.68 Å². The summed E-state index contributed by atoms with van der Waals surface area (Å²) in [4.78, 5) is 0. The van der Waals surface area contributed by atoms with Crippen LogP contribution in [-0.2, 0) is 20.1 Å². The van der Waals surface area contributed by atoms with Crippen molar-refractivity contribution in [2.45, 2.75) is 20.0 Å². The summed E-state index contributed by atoms with van der Waals surface area (Å²) in [6.07, 6.45) is 1.87. The van der Waals surface area contributed by atoms with Gasteiger partial charge in [0.2, 0.25) is 0 Å². The summed E-state index contributed by atoms with van der Waals surface area (Å²) in [5, 5.41) is 8.89. The van der Waals surface area contributed by atoms with Gasteiger partial charge in [0.25, 0.3) is 0 Å². The average Bonchev–Trinajstić information content (AvgIpc) is 2.59. The molecule has 3 nitrogen and oxygen atoms in total. The Hall–Kier alpha value is -1.03. The van der Waals surface area contributed by atoms with E-state index in [1.165, 1.54) is 11.3 Å². The van der Waals surface area contributed by atoms with E-state index in [0.717, 1.165) is 18.7 Å². The predicted molar refractivity (Wildman–Crippen MR) is 75.0 cm³/mol. The molecule has 1 aromatic carbocycles. The normalized spacial score (nSPS) is 10.9. The first-order valence-corrected chi connectivity index (χ1v) is 6.45. The molecule has 1 N–H and O–H groups in total. The van der Waals surface area contributed by atoms with Crippen molar-refractivity contribution >= 4 is 23.2 Å². The van der Waals surface area contributed by atoms with Gasteiger partial charge in [-0.2, -0.15) is 5.10 Å². The number of nitrogens with zero attached hydrogens (tertiary/aromatic N) is 2. The number of nitrogens with one attached hydrogen (secondary N) is 1. The Morgan fingerprint density at radius 2 is 1.83 bits per heavy atom. The van der Waals surface area contributed by atoms with Gasteiger partial charge in [-0.25, -0.2) is 0 Å². The molecule has 0 atom stereocenters. The molecule has 0 saturated heterocycles. The van der Waals surface area contributed by atoms with Gasteiger partial charge in [0, 0.05) is 30.2 Å². The lowest BCUT2D eigenvalue weighted by Crippen LogP contribution is -2.16. The van der Waals surface area contributed by atoms with Crippen molar-refractivity contribution in [3.63, 3.8) is 0 Å². The van der Waals surface area contributed by atoms with E-state index in [9.17, 15) is 0 Å². The van der Waals surface area contributed by atoms with Crippen LogP contribution in [0.5, 0.6) is 0 Å². The predicted octanol–water partition coefficient (Wildman–Crippen LogP) is 3.33. The zero-order valence-corrected chi connectivity index (χ0v) is 11.9. The molecule has 0 fully saturated rings. The number of aromatic nitrogens is 2. The number of benzene rings is 1. The second-order valence-electron chi connectivity index (χ2n) is 4.28. The van der Waals surface area contributed by atoms with Gasteiger partial charge >= 0.3 is 0 Å². The molecule has 0 bridgehead atoms. The van der Waals surface area contributed by atoms with Crippen molar-refractivity contribution in [3.05, 3.63) is 51.3 Å². The van der Waals surface area contributed by atoms with Crippen LogP contribution < -0.4 is 5.32 Å². The summed E-state index contributed by atoms with van der Waals surface area (Å²) < 4.78 is 1.88. The summed E-state index contributed by atoms with van der Waals surface area (Å²) in [6, 6.07) is 5.56. The highest BCUT2D eigenvalue weighted by Gasteiger charge is 2.04. The highest BCUT2D eigenvalue weighted by molar-refractivity contribution is 6.34. The molecule has 2 rings (SSSR count). The summed E-state index contributed by atoms with van der Waals surface area (Å²) in [6.45, 7) is 3.55. The topological polar surface area (TPSA) is 29.9 Å². The Bertz CT molecular complexity index is 509. The van der Waals surface area contributed by atoms with E-state index in [-0.39, 0.29) is 0 Å². The fourth-order valence-corrected chi connectivity index (χ4v) is 2.44. The molecular formula is C13H15Cl2N3. The van der Waals surface area contributed by atoms with Crippen molar-refractivity contribution in [2.24, 2.45) is 7.05 Å². The van der Waals surface area contributed by atoms with Crippen LogP contribution in [0.1, 0.15) is 16.8 Å². The number of hydrogen-bond donors (Lipinski definition) is 1. The molecule has 2 aromatic rings. The Morgan fingerprint density at radius 1 is 1.17 bits per heavy atom. The first-order chi connectivity index (χ1) is 8.56. The average molecular weight is 284 g/mol. The lowest BCUT2D eigenvalue weighted by molar-refractivity contribution is 0.624. The Kier molecular flexibility index (Phi) is 4.27. The molecular weight excluding hydrogens is 269 g/mol. The standard InChI is InChI=1S/C13H15Cl2N3/c1-9-6-17-18(2)13(9)8-16-7-10-3-11(14)5-12(15)4-10/h3-6,16H,7-8H2,1-2H3. The Balaban J connectivity index is 1.96. The van der Waals surface area contributed by atoms with Crippen LogP contribution >= 0.6 is 23.2 Å². The largest absolute Gasteiger partial charge is 0.307 e. The molecule has 0 aliphatic carbocycles. The van der Waals surface area contributed by atoms with Crippen LogP contribution in [0.15, 0.2) is 24.4 Å². The van der Waals surface area contributed by atoms with Crippen LogP contribution in [0.3, 0.4) is 0 Å². The second kappa shape index (κ2) is 5.74. The molecule has 0 unspecified atom stereocenters. The van der Waals surface area contributed by atoms with Crippen LogP contribution in [0.25, 0.3) is 0 Å². The summed E-state index contributed by atoms with van der Waals surface area (Å²) in [5.41, 5.74) is 3.45. The van der Waals surface area contributed by atoms with Gasteiger partial charge in [0.15, 0.2) is 0 Å². The first-order valence-electron chi connectivity index (χ1n) is 5.69. The van der Waals surface area contributed by atoms with Gasteiger partial charge in [-0.05, 0) is 36.2 Å². The van der Waals surface area contributed by atoms with Crippen molar-refractivity contribution in [2.75, 3.05) is 0 Å². The second-order valence-corrected chi connectivity index (χ2v) is 5.15. The fourth-order valence-electron chi connectivity index (χ4n) is 1.86. The Labute approximate surface area is 117 Å². The monoisotopic (exact) mass is 283 g/mol. The number of halogens is 2. The lowest BCUT2D eigenvalue weighted by atomic mass is 10.2. The maximum absolute atomic E-state index is 5.95. The summed E-state index contributed by atoms with van der Waals surface area (Å²) >= 11 is 11.9. The molecule has 96 valence electrons. The van der Waals surface area contributed by atoms with Gasteiger partial charge in [0.1, 0.15) is 0 Å². The molecule has 1 heterocycles. The van der Waals surface area contributed by atoms with Crippen LogP contribution in [0.2, 0.25) is 10.0 Å². The van der Waals surface area contributed by atoms with Crippen molar-refractivity contribution in [3.8, 4) is 0 Å². The van der Waals surface area contributed by atoms with Crippen molar-refractivity contribution < 1.29 is 0 Å². The third-order valence-corrected chi connectivity index (χ3v) is 3.25.